The lowest BCUT2D eigenvalue weighted by Gasteiger charge is -2.35. The number of nitrogens with two attached hydrogens (primary N) is 1. The topological polar surface area (TPSA) is 58.7 Å². The minimum absolute atomic E-state index is 0.168. The van der Waals surface area contributed by atoms with Crippen molar-refractivity contribution in [1.29, 1.82) is 0 Å². The molecule has 0 spiro atoms. The Hall–Kier alpha value is -1.06. The van der Waals surface area contributed by atoms with Crippen molar-refractivity contribution in [2.45, 2.75) is 108 Å². The van der Waals surface area contributed by atoms with Crippen LogP contribution >= 0.6 is 0 Å². The summed E-state index contributed by atoms with van der Waals surface area (Å²) < 4.78 is 0. The fraction of sp³-hybridized carbons (Fsp3) is 0.917. The lowest BCUT2D eigenvalue weighted by molar-refractivity contribution is -0.131. The summed E-state index contributed by atoms with van der Waals surface area (Å²) in [7, 11) is 1.81. The monoisotopic (exact) mass is 387 g/mol. The third kappa shape index (κ3) is 4.74. The zero-order valence-corrected chi connectivity index (χ0v) is 18.0. The van der Waals surface area contributed by atoms with Gasteiger partial charge in [0.1, 0.15) is 5.54 Å². The molecule has 4 aliphatic rings. The summed E-state index contributed by atoms with van der Waals surface area (Å²) in [6, 6.07) is 0. The van der Waals surface area contributed by atoms with Crippen molar-refractivity contribution in [3.05, 3.63) is 0 Å². The van der Waals surface area contributed by atoms with Gasteiger partial charge >= 0.3 is 0 Å². The van der Waals surface area contributed by atoms with Gasteiger partial charge in [0.05, 0.1) is 0 Å². The third-order valence-electron chi connectivity index (χ3n) is 8.26. The first-order valence-corrected chi connectivity index (χ1v) is 12.2. The fourth-order valence-electron chi connectivity index (χ4n) is 6.28. The van der Waals surface area contributed by atoms with E-state index in [-0.39, 0.29) is 5.91 Å². The number of aliphatic imine (C=N–C) groups is 1. The molecule has 158 valence electrons. The molecule has 2 N–H and O–H groups in total. The van der Waals surface area contributed by atoms with Crippen LogP contribution in [0.5, 0.6) is 0 Å². The molecule has 3 aliphatic carbocycles. The number of amides is 1. The number of carbonyl (C=O) groups excluding carboxylic acids is 1. The Labute approximate surface area is 171 Å². The first kappa shape index (κ1) is 20.2. The van der Waals surface area contributed by atoms with Crippen LogP contribution in [0, 0.1) is 23.7 Å². The van der Waals surface area contributed by atoms with Gasteiger partial charge in [-0.3, -0.25) is 9.69 Å². The quantitative estimate of drug-likeness (QED) is 0.617. The first-order chi connectivity index (χ1) is 13.6. The van der Waals surface area contributed by atoms with E-state index in [0.717, 1.165) is 37.0 Å². The number of carbonyl (C=O) groups is 1. The van der Waals surface area contributed by atoms with Crippen molar-refractivity contribution in [3.63, 3.8) is 0 Å². The van der Waals surface area contributed by atoms with Crippen molar-refractivity contribution in [2.24, 2.45) is 34.4 Å². The van der Waals surface area contributed by atoms with E-state index in [4.69, 9.17) is 10.7 Å². The van der Waals surface area contributed by atoms with E-state index >= 15 is 0 Å². The van der Waals surface area contributed by atoms with Crippen molar-refractivity contribution >= 4 is 11.9 Å². The van der Waals surface area contributed by atoms with Gasteiger partial charge in [-0.25, -0.2) is 4.99 Å². The average molecular weight is 388 g/mol. The van der Waals surface area contributed by atoms with E-state index in [0.29, 0.717) is 11.9 Å². The summed E-state index contributed by atoms with van der Waals surface area (Å²) >= 11 is 0. The Bertz CT molecular complexity index is 578. The van der Waals surface area contributed by atoms with Crippen molar-refractivity contribution in [3.8, 4) is 0 Å². The number of hydrogen-bond donors (Lipinski definition) is 1. The molecule has 0 bridgehead atoms. The molecule has 0 aromatic heterocycles. The highest BCUT2D eigenvalue weighted by molar-refractivity contribution is 6.06. The molecule has 1 aliphatic heterocycles. The molecule has 4 nitrogen and oxygen atoms in total. The van der Waals surface area contributed by atoms with Gasteiger partial charge in [-0.1, -0.05) is 77.0 Å². The van der Waals surface area contributed by atoms with Gasteiger partial charge in [0.2, 0.25) is 0 Å². The van der Waals surface area contributed by atoms with E-state index < -0.39 is 5.54 Å². The van der Waals surface area contributed by atoms with Crippen LogP contribution in [-0.2, 0) is 4.79 Å². The summed E-state index contributed by atoms with van der Waals surface area (Å²) in [5, 5.41) is 0. The van der Waals surface area contributed by atoms with E-state index in [1.165, 1.54) is 83.5 Å². The number of likely N-dealkylation sites (N-methyl/N-ethyl adjacent to an activating group) is 1. The van der Waals surface area contributed by atoms with Crippen LogP contribution in [0.2, 0.25) is 0 Å². The Morgan fingerprint density at radius 2 is 1.54 bits per heavy atom. The molecule has 3 atom stereocenters. The molecule has 0 aromatic rings. The molecule has 4 heteroatoms. The van der Waals surface area contributed by atoms with E-state index in [2.05, 4.69) is 0 Å². The molecule has 28 heavy (non-hydrogen) atoms. The van der Waals surface area contributed by atoms with Crippen LogP contribution in [0.15, 0.2) is 4.99 Å². The van der Waals surface area contributed by atoms with Crippen LogP contribution in [0.1, 0.15) is 103 Å². The largest absolute Gasteiger partial charge is 0.369 e. The number of hydrogen-bond acceptors (Lipinski definition) is 3. The molecular formula is C24H41N3O. The molecule has 3 fully saturated rings. The van der Waals surface area contributed by atoms with Crippen molar-refractivity contribution in [1.82, 2.24) is 4.90 Å². The third-order valence-corrected chi connectivity index (χ3v) is 8.26. The average Bonchev–Trinajstić information content (AvgIpc) is 3.52. The maximum atomic E-state index is 13.2. The fourth-order valence-corrected chi connectivity index (χ4v) is 6.28. The van der Waals surface area contributed by atoms with Gasteiger partial charge in [0, 0.05) is 7.05 Å². The Morgan fingerprint density at radius 3 is 2.21 bits per heavy atom. The molecule has 1 heterocycles. The van der Waals surface area contributed by atoms with E-state index in [9.17, 15) is 4.79 Å². The van der Waals surface area contributed by atoms with Crippen LogP contribution in [0.3, 0.4) is 0 Å². The minimum Gasteiger partial charge on any atom is -0.369 e. The molecule has 1 amide bonds. The Morgan fingerprint density at radius 1 is 0.893 bits per heavy atom. The van der Waals surface area contributed by atoms with Gasteiger partial charge in [-0.05, 0) is 49.4 Å². The van der Waals surface area contributed by atoms with Gasteiger partial charge in [0.15, 0.2) is 5.96 Å². The molecular weight excluding hydrogens is 346 g/mol. The molecule has 0 aromatic carbocycles. The molecule has 0 saturated heterocycles. The summed E-state index contributed by atoms with van der Waals surface area (Å²) in [5.74, 6) is 3.97. The highest BCUT2D eigenvalue weighted by Crippen LogP contribution is 2.43. The van der Waals surface area contributed by atoms with Crippen molar-refractivity contribution in [2.75, 3.05) is 7.05 Å². The van der Waals surface area contributed by atoms with Crippen LogP contribution in [0.25, 0.3) is 0 Å². The lowest BCUT2D eigenvalue weighted by Crippen LogP contribution is -2.44. The zero-order chi connectivity index (χ0) is 19.6. The molecule has 3 saturated carbocycles. The van der Waals surface area contributed by atoms with Gasteiger partial charge in [-0.15, -0.1) is 0 Å². The maximum absolute atomic E-state index is 13.2. The van der Waals surface area contributed by atoms with Gasteiger partial charge in [0.25, 0.3) is 5.91 Å². The Balaban J connectivity index is 1.39. The van der Waals surface area contributed by atoms with Crippen LogP contribution in [0.4, 0.5) is 0 Å². The second-order valence-electron chi connectivity index (χ2n) is 10.5. The van der Waals surface area contributed by atoms with Crippen LogP contribution in [-0.4, -0.2) is 29.4 Å². The van der Waals surface area contributed by atoms with Gasteiger partial charge in [-0.2, -0.15) is 0 Å². The standard InChI is InChI=1S/C24H41N3O/c1-27-22(28)24(26-23(27)25,15-14-18-6-3-2-4-7-18)17-21-9-5-8-20(16-21)13-12-19-10-11-19/h18-21H,2-17H2,1H3,(H2,25,26)/t20-,21+,24-/m1/s1. The van der Waals surface area contributed by atoms with E-state index in [1.54, 1.807) is 4.90 Å². The zero-order valence-electron chi connectivity index (χ0n) is 18.0. The van der Waals surface area contributed by atoms with E-state index in [1.807, 2.05) is 7.05 Å². The normalized spacial score (nSPS) is 34.7. The second-order valence-corrected chi connectivity index (χ2v) is 10.5. The molecule has 0 radical (unpaired) electrons. The number of rotatable bonds is 8. The highest BCUT2D eigenvalue weighted by Gasteiger charge is 2.48. The summed E-state index contributed by atoms with van der Waals surface area (Å²) in [4.78, 5) is 19.7. The predicted molar refractivity (Wildman–Crippen MR) is 115 cm³/mol. The summed E-state index contributed by atoms with van der Waals surface area (Å²) in [5.41, 5.74) is 5.57. The lowest BCUT2D eigenvalue weighted by atomic mass is 9.72. The van der Waals surface area contributed by atoms with Gasteiger partial charge < -0.3 is 5.73 Å². The predicted octanol–water partition coefficient (Wildman–Crippen LogP) is 5.26. The van der Waals surface area contributed by atoms with Crippen molar-refractivity contribution < 1.29 is 4.79 Å². The maximum Gasteiger partial charge on any atom is 0.257 e. The smallest absolute Gasteiger partial charge is 0.257 e. The second kappa shape index (κ2) is 8.75. The highest BCUT2D eigenvalue weighted by atomic mass is 16.2. The molecule has 0 unspecified atom stereocenters. The molecule has 4 rings (SSSR count). The summed E-state index contributed by atoms with van der Waals surface area (Å²) in [6.07, 6.45) is 20.9. The first-order valence-electron chi connectivity index (χ1n) is 12.2. The minimum atomic E-state index is -0.556. The van der Waals surface area contributed by atoms with Crippen LogP contribution < -0.4 is 5.73 Å². The number of guanidine groups is 1. The Kier molecular flexibility index (Phi) is 6.32. The summed E-state index contributed by atoms with van der Waals surface area (Å²) in [6.45, 7) is 0. The SMILES string of the molecule is CN1C(=O)[C@@](CCC2CCCCC2)(C[C@H]2CCC[C@H](CCC3CC3)C2)N=C1N. The number of nitrogens with zero attached hydrogens (tertiary/aromatic N) is 2.